The van der Waals surface area contributed by atoms with Crippen LogP contribution in [-0.4, -0.2) is 25.3 Å². The molecule has 0 spiro atoms. The highest BCUT2D eigenvalue weighted by Gasteiger charge is 2.36. The third-order valence-electron chi connectivity index (χ3n) is 4.68. The van der Waals surface area contributed by atoms with Gasteiger partial charge in [-0.3, -0.25) is 0 Å². The minimum Gasteiger partial charge on any atom is -0.374 e. The van der Waals surface area contributed by atoms with Gasteiger partial charge in [-0.1, -0.05) is 34.6 Å². The quantitative estimate of drug-likeness (QED) is 0.711. The Bertz CT molecular complexity index is 224. The zero-order valence-corrected chi connectivity index (χ0v) is 13.8. The molecule has 114 valence electrons. The van der Waals surface area contributed by atoms with Gasteiger partial charge in [0.2, 0.25) is 0 Å². The zero-order chi connectivity index (χ0) is 14.3. The first-order valence-electron chi connectivity index (χ1n) is 8.34. The Hall–Kier alpha value is -0.0800. The Kier molecular flexibility index (Phi) is 7.38. The lowest BCUT2D eigenvalue weighted by Gasteiger charge is -2.41. The van der Waals surface area contributed by atoms with E-state index < -0.39 is 0 Å². The van der Waals surface area contributed by atoms with E-state index in [0.29, 0.717) is 0 Å². The fourth-order valence-electron chi connectivity index (χ4n) is 3.07. The van der Waals surface area contributed by atoms with Crippen LogP contribution in [0.2, 0.25) is 0 Å². The van der Waals surface area contributed by atoms with Gasteiger partial charge in [-0.25, -0.2) is 0 Å². The van der Waals surface area contributed by atoms with Gasteiger partial charge in [-0.05, 0) is 56.4 Å². The Labute approximate surface area is 120 Å². The average Bonchev–Trinajstić information content (AvgIpc) is 2.36. The fraction of sp³-hybridized carbons (Fsp3) is 1.00. The maximum Gasteiger partial charge on any atom is 0.0806 e. The standard InChI is InChI=1S/C17H35NO/c1-6-18-13-17(19-12-9-14(2)3)10-7-16(8-11-17)15(4)5/h14-16,18H,6-13H2,1-5H3. The molecule has 0 aromatic heterocycles. The smallest absolute Gasteiger partial charge is 0.0806 e. The maximum absolute atomic E-state index is 6.35. The van der Waals surface area contributed by atoms with E-state index in [9.17, 15) is 0 Å². The molecule has 1 N–H and O–H groups in total. The van der Waals surface area contributed by atoms with Crippen molar-refractivity contribution in [2.75, 3.05) is 19.7 Å². The predicted molar refractivity (Wildman–Crippen MR) is 83.5 cm³/mol. The third-order valence-corrected chi connectivity index (χ3v) is 4.68. The van der Waals surface area contributed by atoms with Crippen LogP contribution < -0.4 is 5.32 Å². The molecule has 0 aromatic rings. The van der Waals surface area contributed by atoms with E-state index in [4.69, 9.17) is 4.74 Å². The summed E-state index contributed by atoms with van der Waals surface area (Å²) >= 11 is 0. The van der Waals surface area contributed by atoms with Crippen LogP contribution >= 0.6 is 0 Å². The molecule has 2 nitrogen and oxygen atoms in total. The lowest BCUT2D eigenvalue weighted by Crippen LogP contribution is -2.46. The molecule has 0 atom stereocenters. The molecule has 1 fully saturated rings. The Morgan fingerprint density at radius 1 is 1.16 bits per heavy atom. The number of likely N-dealkylation sites (N-methyl/N-ethyl adjacent to an activating group) is 1. The zero-order valence-electron chi connectivity index (χ0n) is 13.8. The van der Waals surface area contributed by atoms with Crippen molar-refractivity contribution in [2.24, 2.45) is 17.8 Å². The van der Waals surface area contributed by atoms with Crippen LogP contribution in [0.3, 0.4) is 0 Å². The van der Waals surface area contributed by atoms with Crippen LogP contribution in [-0.2, 0) is 4.74 Å². The van der Waals surface area contributed by atoms with Gasteiger partial charge >= 0.3 is 0 Å². The minimum atomic E-state index is 0.121. The number of hydrogen-bond donors (Lipinski definition) is 1. The summed E-state index contributed by atoms with van der Waals surface area (Å²) in [5.74, 6) is 2.47. The molecular formula is C17H35NO. The van der Waals surface area contributed by atoms with Gasteiger partial charge in [-0.15, -0.1) is 0 Å². The molecular weight excluding hydrogens is 234 g/mol. The normalized spacial score (nSPS) is 28.3. The monoisotopic (exact) mass is 269 g/mol. The second-order valence-electron chi connectivity index (χ2n) is 7.08. The van der Waals surface area contributed by atoms with Crippen LogP contribution in [0.1, 0.15) is 66.7 Å². The van der Waals surface area contributed by atoms with E-state index in [1.165, 1.54) is 32.1 Å². The Morgan fingerprint density at radius 3 is 2.26 bits per heavy atom. The molecule has 0 amide bonds. The topological polar surface area (TPSA) is 21.3 Å². The SMILES string of the molecule is CCNCC1(OCCC(C)C)CCC(C(C)C)CC1. The van der Waals surface area contributed by atoms with Crippen LogP contribution in [0.5, 0.6) is 0 Å². The lowest BCUT2D eigenvalue weighted by atomic mass is 9.74. The van der Waals surface area contributed by atoms with Crippen LogP contribution in [0.4, 0.5) is 0 Å². The molecule has 0 saturated heterocycles. The summed E-state index contributed by atoms with van der Waals surface area (Å²) in [6, 6.07) is 0. The molecule has 1 rings (SSSR count). The number of rotatable bonds is 8. The van der Waals surface area contributed by atoms with Crippen molar-refractivity contribution in [1.82, 2.24) is 5.32 Å². The third kappa shape index (κ3) is 5.83. The van der Waals surface area contributed by atoms with Crippen LogP contribution in [0.15, 0.2) is 0 Å². The number of nitrogens with one attached hydrogen (secondary N) is 1. The van der Waals surface area contributed by atoms with E-state index >= 15 is 0 Å². The first-order chi connectivity index (χ1) is 8.99. The molecule has 0 aromatic carbocycles. The Morgan fingerprint density at radius 2 is 1.79 bits per heavy atom. The number of ether oxygens (including phenoxy) is 1. The number of hydrogen-bond acceptors (Lipinski definition) is 2. The van der Waals surface area contributed by atoms with Crippen molar-refractivity contribution in [2.45, 2.75) is 72.3 Å². The Balaban J connectivity index is 2.47. The fourth-order valence-corrected chi connectivity index (χ4v) is 3.07. The summed E-state index contributed by atoms with van der Waals surface area (Å²) in [4.78, 5) is 0. The molecule has 1 aliphatic rings. The van der Waals surface area contributed by atoms with Crippen molar-refractivity contribution in [3.8, 4) is 0 Å². The van der Waals surface area contributed by atoms with Crippen molar-refractivity contribution in [3.63, 3.8) is 0 Å². The summed E-state index contributed by atoms with van der Waals surface area (Å²) < 4.78 is 6.35. The van der Waals surface area contributed by atoms with E-state index in [2.05, 4.69) is 39.9 Å². The molecule has 0 heterocycles. The van der Waals surface area contributed by atoms with Crippen LogP contribution in [0, 0.1) is 17.8 Å². The molecule has 1 saturated carbocycles. The molecule has 2 heteroatoms. The lowest BCUT2D eigenvalue weighted by molar-refractivity contribution is -0.0820. The highest BCUT2D eigenvalue weighted by Crippen LogP contribution is 2.38. The largest absolute Gasteiger partial charge is 0.374 e. The summed E-state index contributed by atoms with van der Waals surface area (Å²) in [6.45, 7) is 14.5. The summed E-state index contributed by atoms with van der Waals surface area (Å²) in [5.41, 5.74) is 0.121. The van der Waals surface area contributed by atoms with Crippen LogP contribution in [0.25, 0.3) is 0 Å². The molecule has 0 bridgehead atoms. The van der Waals surface area contributed by atoms with Crippen molar-refractivity contribution in [1.29, 1.82) is 0 Å². The van der Waals surface area contributed by atoms with E-state index in [0.717, 1.165) is 37.5 Å². The van der Waals surface area contributed by atoms with E-state index in [1.807, 2.05) is 0 Å². The van der Waals surface area contributed by atoms with Gasteiger partial charge in [0.05, 0.1) is 5.60 Å². The summed E-state index contributed by atoms with van der Waals surface area (Å²) in [5, 5.41) is 3.52. The van der Waals surface area contributed by atoms with E-state index in [-0.39, 0.29) is 5.60 Å². The first kappa shape index (κ1) is 17.0. The second-order valence-corrected chi connectivity index (χ2v) is 7.08. The van der Waals surface area contributed by atoms with Crippen molar-refractivity contribution < 1.29 is 4.74 Å². The highest BCUT2D eigenvalue weighted by molar-refractivity contribution is 4.90. The van der Waals surface area contributed by atoms with E-state index in [1.54, 1.807) is 0 Å². The average molecular weight is 269 g/mol. The molecule has 0 aliphatic heterocycles. The second kappa shape index (κ2) is 8.26. The first-order valence-corrected chi connectivity index (χ1v) is 8.34. The highest BCUT2D eigenvalue weighted by atomic mass is 16.5. The van der Waals surface area contributed by atoms with Gasteiger partial charge in [0, 0.05) is 13.2 Å². The molecule has 1 aliphatic carbocycles. The van der Waals surface area contributed by atoms with Crippen molar-refractivity contribution >= 4 is 0 Å². The summed E-state index contributed by atoms with van der Waals surface area (Å²) in [6.07, 6.45) is 6.33. The predicted octanol–water partition coefficient (Wildman–Crippen LogP) is 4.24. The molecule has 0 unspecified atom stereocenters. The van der Waals surface area contributed by atoms with Gasteiger partial charge in [0.15, 0.2) is 0 Å². The maximum atomic E-state index is 6.35. The van der Waals surface area contributed by atoms with Gasteiger partial charge in [0.1, 0.15) is 0 Å². The van der Waals surface area contributed by atoms with Crippen molar-refractivity contribution in [3.05, 3.63) is 0 Å². The minimum absolute atomic E-state index is 0.121. The summed E-state index contributed by atoms with van der Waals surface area (Å²) in [7, 11) is 0. The molecule has 0 radical (unpaired) electrons. The molecule has 19 heavy (non-hydrogen) atoms. The van der Waals surface area contributed by atoms with Gasteiger partial charge < -0.3 is 10.1 Å². The van der Waals surface area contributed by atoms with Gasteiger partial charge in [0.25, 0.3) is 0 Å². The van der Waals surface area contributed by atoms with Gasteiger partial charge in [-0.2, -0.15) is 0 Å².